The van der Waals surface area contributed by atoms with Crippen LogP contribution in [0.25, 0.3) is 0 Å². The van der Waals surface area contributed by atoms with Gasteiger partial charge in [-0.1, -0.05) is 43.6 Å². The number of hydrogen-bond acceptors (Lipinski definition) is 0. The molecule has 0 aromatic heterocycles. The second-order valence-corrected chi connectivity index (χ2v) is 4.27. The van der Waals surface area contributed by atoms with Crippen molar-refractivity contribution in [2.45, 2.75) is 44.9 Å². The maximum Gasteiger partial charge on any atom is 0.00583 e. The van der Waals surface area contributed by atoms with Crippen molar-refractivity contribution in [2.75, 3.05) is 0 Å². The molecule has 1 rings (SSSR count). The van der Waals surface area contributed by atoms with E-state index in [0.717, 1.165) is 12.8 Å². The van der Waals surface area contributed by atoms with Gasteiger partial charge in [0.15, 0.2) is 0 Å². The van der Waals surface area contributed by atoms with Gasteiger partial charge in [-0.15, -0.1) is 13.2 Å². The second kappa shape index (κ2) is 5.85. The van der Waals surface area contributed by atoms with Gasteiger partial charge in [0.25, 0.3) is 0 Å². The fraction of sp³-hybridized carbons (Fsp3) is 0.571. The molecular weight excluding hydrogens is 168 g/mol. The number of allylic oxidation sites excluding steroid dienone is 4. The molecule has 1 saturated carbocycles. The molecule has 78 valence electrons. The molecule has 0 amide bonds. The summed E-state index contributed by atoms with van der Waals surface area (Å²) >= 11 is 0. The molecule has 1 aliphatic rings. The third kappa shape index (κ3) is 3.17. The summed E-state index contributed by atoms with van der Waals surface area (Å²) in [5.74, 6) is 0. The molecule has 0 aliphatic heterocycles. The van der Waals surface area contributed by atoms with Crippen molar-refractivity contribution in [3.63, 3.8) is 0 Å². The van der Waals surface area contributed by atoms with Crippen molar-refractivity contribution in [3.05, 3.63) is 37.5 Å². The average Bonchev–Trinajstić information content (AvgIpc) is 2.26. The molecule has 0 nitrogen and oxygen atoms in total. The van der Waals surface area contributed by atoms with Crippen molar-refractivity contribution in [2.24, 2.45) is 5.41 Å². The minimum Gasteiger partial charge on any atom is -0.103 e. The van der Waals surface area contributed by atoms with Crippen LogP contribution in [0.5, 0.6) is 0 Å². The lowest BCUT2D eigenvalue weighted by molar-refractivity contribution is 0.326. The van der Waals surface area contributed by atoms with Gasteiger partial charge in [-0.05, 0) is 25.7 Å². The Labute approximate surface area is 88.4 Å². The predicted octanol–water partition coefficient (Wildman–Crippen LogP) is 4.65. The maximum absolute atomic E-state index is 3.98. The molecule has 14 heavy (non-hydrogen) atoms. The fourth-order valence-corrected chi connectivity index (χ4v) is 2.18. The number of hydrogen-bond donors (Lipinski definition) is 0. The smallest absolute Gasteiger partial charge is 0.00583 e. The van der Waals surface area contributed by atoms with Crippen molar-refractivity contribution in [3.8, 4) is 0 Å². The van der Waals surface area contributed by atoms with Gasteiger partial charge >= 0.3 is 0 Å². The lowest BCUT2D eigenvalue weighted by Crippen LogP contribution is -2.18. The van der Waals surface area contributed by atoms with Crippen molar-refractivity contribution in [1.82, 2.24) is 0 Å². The monoisotopic (exact) mass is 190 g/mol. The Morgan fingerprint density at radius 1 is 1.00 bits per heavy atom. The van der Waals surface area contributed by atoms with E-state index in [2.05, 4.69) is 31.4 Å². The highest BCUT2D eigenvalue weighted by Crippen LogP contribution is 2.38. The van der Waals surface area contributed by atoms with E-state index in [1.807, 2.05) is 6.08 Å². The summed E-state index contributed by atoms with van der Waals surface area (Å²) < 4.78 is 0. The lowest BCUT2D eigenvalue weighted by atomic mass is 9.74. The SMILES string of the molecule is C=CCCC=CC1(C=C)CCCCC1. The molecule has 0 unspecified atom stereocenters. The van der Waals surface area contributed by atoms with Gasteiger partial charge in [0.1, 0.15) is 0 Å². The van der Waals surface area contributed by atoms with E-state index in [-0.39, 0.29) is 0 Å². The highest BCUT2D eigenvalue weighted by molar-refractivity contribution is 5.10. The third-order valence-electron chi connectivity index (χ3n) is 3.18. The zero-order chi connectivity index (χ0) is 10.3. The zero-order valence-corrected chi connectivity index (χ0v) is 9.17. The molecule has 0 aromatic rings. The average molecular weight is 190 g/mol. The van der Waals surface area contributed by atoms with Gasteiger partial charge in [-0.3, -0.25) is 0 Å². The van der Waals surface area contributed by atoms with Gasteiger partial charge < -0.3 is 0 Å². The molecule has 0 saturated heterocycles. The van der Waals surface area contributed by atoms with Crippen LogP contribution in [-0.4, -0.2) is 0 Å². The second-order valence-electron chi connectivity index (χ2n) is 4.27. The Balaban J connectivity index is 2.46. The fourth-order valence-electron chi connectivity index (χ4n) is 2.18. The summed E-state index contributed by atoms with van der Waals surface area (Å²) in [6.07, 6.45) is 17.7. The van der Waals surface area contributed by atoms with Gasteiger partial charge in [-0.25, -0.2) is 0 Å². The minimum atomic E-state index is 0.319. The Bertz CT molecular complexity index is 204. The van der Waals surface area contributed by atoms with E-state index in [0.29, 0.717) is 5.41 Å². The topological polar surface area (TPSA) is 0 Å². The van der Waals surface area contributed by atoms with E-state index in [1.165, 1.54) is 32.1 Å². The van der Waals surface area contributed by atoms with Crippen molar-refractivity contribution in [1.29, 1.82) is 0 Å². The molecular formula is C14H22. The molecule has 1 fully saturated rings. The summed E-state index contributed by atoms with van der Waals surface area (Å²) in [5, 5.41) is 0. The van der Waals surface area contributed by atoms with E-state index < -0.39 is 0 Å². The van der Waals surface area contributed by atoms with Crippen molar-refractivity contribution < 1.29 is 0 Å². The first-order valence-electron chi connectivity index (χ1n) is 5.75. The zero-order valence-electron chi connectivity index (χ0n) is 9.17. The first kappa shape index (κ1) is 11.3. The standard InChI is InChI=1S/C14H22/c1-3-5-6-8-11-14(4-2)12-9-7-10-13-14/h3-4,8,11H,1-2,5-7,9-10,12-13H2. The third-order valence-corrected chi connectivity index (χ3v) is 3.18. The van der Waals surface area contributed by atoms with Crippen LogP contribution >= 0.6 is 0 Å². The Hall–Kier alpha value is -0.780. The van der Waals surface area contributed by atoms with Crippen LogP contribution in [0.2, 0.25) is 0 Å². The molecule has 0 atom stereocenters. The lowest BCUT2D eigenvalue weighted by Gasteiger charge is -2.31. The highest BCUT2D eigenvalue weighted by Gasteiger charge is 2.25. The summed E-state index contributed by atoms with van der Waals surface area (Å²) in [6, 6.07) is 0. The van der Waals surface area contributed by atoms with Crippen LogP contribution in [-0.2, 0) is 0 Å². The van der Waals surface area contributed by atoms with Crippen molar-refractivity contribution >= 4 is 0 Å². The minimum absolute atomic E-state index is 0.319. The van der Waals surface area contributed by atoms with Crippen LogP contribution in [0.4, 0.5) is 0 Å². The summed E-state index contributed by atoms with van der Waals surface area (Å²) in [4.78, 5) is 0. The molecule has 0 bridgehead atoms. The Kier molecular flexibility index (Phi) is 4.72. The Morgan fingerprint density at radius 2 is 1.71 bits per heavy atom. The number of rotatable bonds is 5. The van der Waals surface area contributed by atoms with Gasteiger partial charge in [0.05, 0.1) is 0 Å². The van der Waals surface area contributed by atoms with Crippen LogP contribution in [0, 0.1) is 5.41 Å². The van der Waals surface area contributed by atoms with Gasteiger partial charge in [0, 0.05) is 5.41 Å². The van der Waals surface area contributed by atoms with Gasteiger partial charge in [-0.2, -0.15) is 0 Å². The largest absolute Gasteiger partial charge is 0.103 e. The van der Waals surface area contributed by atoms with E-state index in [1.54, 1.807) is 0 Å². The number of unbranched alkanes of at least 4 members (excludes halogenated alkanes) is 1. The normalized spacial score (nSPS) is 20.9. The van der Waals surface area contributed by atoms with E-state index >= 15 is 0 Å². The molecule has 0 heterocycles. The predicted molar refractivity (Wildman–Crippen MR) is 64.3 cm³/mol. The van der Waals surface area contributed by atoms with Crippen LogP contribution < -0.4 is 0 Å². The molecule has 1 aliphatic carbocycles. The molecule has 0 N–H and O–H groups in total. The molecule has 0 radical (unpaired) electrons. The van der Waals surface area contributed by atoms with Crippen LogP contribution in [0.1, 0.15) is 44.9 Å². The van der Waals surface area contributed by atoms with E-state index in [9.17, 15) is 0 Å². The first-order valence-corrected chi connectivity index (χ1v) is 5.75. The highest BCUT2D eigenvalue weighted by atomic mass is 14.3. The Morgan fingerprint density at radius 3 is 2.29 bits per heavy atom. The van der Waals surface area contributed by atoms with Gasteiger partial charge in [0.2, 0.25) is 0 Å². The maximum atomic E-state index is 3.98. The quantitative estimate of drug-likeness (QED) is 0.437. The summed E-state index contributed by atoms with van der Waals surface area (Å²) in [7, 11) is 0. The summed E-state index contributed by atoms with van der Waals surface area (Å²) in [5.41, 5.74) is 0.319. The van der Waals surface area contributed by atoms with Crippen LogP contribution in [0.3, 0.4) is 0 Å². The summed E-state index contributed by atoms with van der Waals surface area (Å²) in [6.45, 7) is 7.71. The first-order chi connectivity index (χ1) is 6.83. The molecule has 0 heteroatoms. The molecule has 0 aromatic carbocycles. The van der Waals surface area contributed by atoms with Crippen LogP contribution in [0.15, 0.2) is 37.5 Å². The van der Waals surface area contributed by atoms with E-state index in [4.69, 9.17) is 0 Å². The molecule has 0 spiro atoms.